The quantitative estimate of drug-likeness (QED) is 0.362. The molecule has 106 valence electrons. The molecule has 0 radical (unpaired) electrons. The van der Waals surface area contributed by atoms with Crippen LogP contribution in [-0.2, 0) is 9.53 Å². The molecule has 6 heteroatoms. The van der Waals surface area contributed by atoms with Crippen LogP contribution in [0.4, 0.5) is 0 Å². The minimum Gasteiger partial charge on any atom is -0.497 e. The number of Topliss-reactive ketones (excluding diaryl/α,β-unsaturated/α-hetero) is 1. The molecule has 5 nitrogen and oxygen atoms in total. The number of carbonyl (C=O) groups excluding carboxylic acids is 2. The van der Waals surface area contributed by atoms with Gasteiger partial charge in [0, 0.05) is 5.39 Å². The Hall–Kier alpha value is -1.82. The molecule has 1 aromatic heterocycles. The number of methoxy groups -OCH3 is 1. The largest absolute Gasteiger partial charge is 0.497 e. The third-order valence-corrected chi connectivity index (χ3v) is 3.48. The molecular formula is C14H13BrO5. The maximum atomic E-state index is 12.1. The molecule has 1 unspecified atom stereocenters. The third-order valence-electron chi connectivity index (χ3n) is 2.69. The zero-order valence-electron chi connectivity index (χ0n) is 11.0. The van der Waals surface area contributed by atoms with E-state index in [1.165, 1.54) is 0 Å². The first-order chi connectivity index (χ1) is 9.56. The number of esters is 1. The van der Waals surface area contributed by atoms with Crippen molar-refractivity contribution in [2.45, 2.75) is 11.8 Å². The molecule has 0 bridgehead atoms. The molecule has 0 aliphatic rings. The van der Waals surface area contributed by atoms with E-state index in [0.717, 1.165) is 5.39 Å². The van der Waals surface area contributed by atoms with Crippen molar-refractivity contribution < 1.29 is 23.5 Å². The van der Waals surface area contributed by atoms with Crippen LogP contribution >= 0.6 is 15.9 Å². The van der Waals surface area contributed by atoms with Gasteiger partial charge in [0.15, 0.2) is 10.6 Å². The van der Waals surface area contributed by atoms with Gasteiger partial charge in [-0.25, -0.2) is 0 Å². The van der Waals surface area contributed by atoms with E-state index in [4.69, 9.17) is 13.9 Å². The van der Waals surface area contributed by atoms with Crippen molar-refractivity contribution >= 4 is 38.7 Å². The average Bonchev–Trinajstić information content (AvgIpc) is 2.88. The summed E-state index contributed by atoms with van der Waals surface area (Å²) in [4.78, 5) is 22.6. The lowest BCUT2D eigenvalue weighted by Gasteiger charge is -2.05. The summed E-state index contributed by atoms with van der Waals surface area (Å²) in [6, 6.07) is 6.77. The fourth-order valence-electron chi connectivity index (χ4n) is 1.72. The Morgan fingerprint density at radius 1 is 1.35 bits per heavy atom. The second kappa shape index (κ2) is 6.09. The van der Waals surface area contributed by atoms with Crippen molar-refractivity contribution in [3.8, 4) is 5.75 Å². The maximum absolute atomic E-state index is 12.1. The summed E-state index contributed by atoms with van der Waals surface area (Å²) in [7, 11) is 1.56. The highest BCUT2D eigenvalue weighted by atomic mass is 79.9. The zero-order valence-corrected chi connectivity index (χ0v) is 12.6. The summed E-state index contributed by atoms with van der Waals surface area (Å²) in [6.45, 7) is 1.89. The van der Waals surface area contributed by atoms with Gasteiger partial charge in [-0.2, -0.15) is 0 Å². The van der Waals surface area contributed by atoms with Gasteiger partial charge < -0.3 is 13.9 Å². The van der Waals surface area contributed by atoms with E-state index in [-0.39, 0.29) is 12.4 Å². The van der Waals surface area contributed by atoms with Crippen LogP contribution in [0.15, 0.2) is 28.7 Å². The van der Waals surface area contributed by atoms with E-state index >= 15 is 0 Å². The fourth-order valence-corrected chi connectivity index (χ4v) is 2.07. The molecule has 0 saturated carbocycles. The lowest BCUT2D eigenvalue weighted by molar-refractivity contribution is -0.141. The number of halogens is 1. The number of fused-ring (bicyclic) bond motifs is 1. The SMILES string of the molecule is CCOC(=O)C(Br)C(=O)c1cc2cc(OC)ccc2o1. The fraction of sp³-hybridized carbons (Fsp3) is 0.286. The summed E-state index contributed by atoms with van der Waals surface area (Å²) >= 11 is 3.02. The predicted octanol–water partition coefficient (Wildman–Crippen LogP) is 2.95. The Labute approximate surface area is 124 Å². The summed E-state index contributed by atoms with van der Waals surface area (Å²) in [5.41, 5.74) is 0.553. The highest BCUT2D eigenvalue weighted by Gasteiger charge is 2.28. The first-order valence-corrected chi connectivity index (χ1v) is 6.91. The maximum Gasteiger partial charge on any atom is 0.327 e. The molecule has 0 aliphatic heterocycles. The molecule has 0 fully saturated rings. The molecule has 2 aromatic rings. The smallest absolute Gasteiger partial charge is 0.327 e. The first-order valence-electron chi connectivity index (χ1n) is 5.99. The van der Waals surface area contributed by atoms with Crippen LogP contribution in [0.25, 0.3) is 11.0 Å². The molecule has 0 spiro atoms. The number of ketones is 1. The van der Waals surface area contributed by atoms with Gasteiger partial charge in [-0.3, -0.25) is 9.59 Å². The van der Waals surface area contributed by atoms with Crippen molar-refractivity contribution in [2.75, 3.05) is 13.7 Å². The van der Waals surface area contributed by atoms with Gasteiger partial charge in [-0.1, -0.05) is 15.9 Å². The molecule has 0 aliphatic carbocycles. The Morgan fingerprint density at radius 3 is 2.75 bits per heavy atom. The average molecular weight is 341 g/mol. The molecular weight excluding hydrogens is 328 g/mol. The molecule has 1 atom stereocenters. The van der Waals surface area contributed by atoms with E-state index in [1.807, 2.05) is 0 Å². The normalized spacial score (nSPS) is 12.2. The van der Waals surface area contributed by atoms with Crippen molar-refractivity contribution in [1.82, 2.24) is 0 Å². The minimum atomic E-state index is -1.06. The van der Waals surface area contributed by atoms with E-state index in [1.54, 1.807) is 38.3 Å². The molecule has 0 saturated heterocycles. The van der Waals surface area contributed by atoms with Crippen molar-refractivity contribution in [3.63, 3.8) is 0 Å². The number of rotatable bonds is 5. The number of ether oxygens (including phenoxy) is 2. The Morgan fingerprint density at radius 2 is 2.10 bits per heavy atom. The lowest BCUT2D eigenvalue weighted by Crippen LogP contribution is -2.26. The molecule has 1 heterocycles. The Bertz CT molecular complexity index is 646. The van der Waals surface area contributed by atoms with Gasteiger partial charge in [0.25, 0.3) is 0 Å². The summed E-state index contributed by atoms with van der Waals surface area (Å²) in [5, 5.41) is 0.733. The van der Waals surface area contributed by atoms with Crippen molar-refractivity contribution in [3.05, 3.63) is 30.0 Å². The summed E-state index contributed by atoms with van der Waals surface area (Å²) in [6.07, 6.45) is 0. The van der Waals surface area contributed by atoms with Crippen LogP contribution in [0, 0.1) is 0 Å². The van der Waals surface area contributed by atoms with E-state index in [0.29, 0.717) is 11.3 Å². The van der Waals surface area contributed by atoms with Crippen LogP contribution in [-0.4, -0.2) is 30.3 Å². The molecule has 0 N–H and O–H groups in total. The number of carbonyl (C=O) groups is 2. The van der Waals surface area contributed by atoms with Crippen molar-refractivity contribution in [1.29, 1.82) is 0 Å². The minimum absolute atomic E-state index is 0.100. The van der Waals surface area contributed by atoms with E-state index < -0.39 is 16.6 Å². The van der Waals surface area contributed by atoms with Gasteiger partial charge in [0.05, 0.1) is 13.7 Å². The predicted molar refractivity (Wildman–Crippen MR) is 76.4 cm³/mol. The number of benzene rings is 1. The molecule has 2 rings (SSSR count). The number of furan rings is 1. The standard InChI is InChI=1S/C14H13BrO5/c1-3-19-14(17)12(15)13(16)11-7-8-6-9(18-2)4-5-10(8)20-11/h4-7,12H,3H2,1-2H3. The summed E-state index contributed by atoms with van der Waals surface area (Å²) < 4.78 is 15.3. The lowest BCUT2D eigenvalue weighted by atomic mass is 10.2. The Kier molecular flexibility index (Phi) is 4.44. The highest BCUT2D eigenvalue weighted by Crippen LogP contribution is 2.25. The van der Waals surface area contributed by atoms with Gasteiger partial charge >= 0.3 is 5.97 Å². The number of alkyl halides is 1. The van der Waals surface area contributed by atoms with Crippen LogP contribution in [0.2, 0.25) is 0 Å². The van der Waals surface area contributed by atoms with Crippen molar-refractivity contribution in [2.24, 2.45) is 0 Å². The van der Waals surface area contributed by atoms with E-state index in [9.17, 15) is 9.59 Å². The van der Waals surface area contributed by atoms with E-state index in [2.05, 4.69) is 15.9 Å². The first kappa shape index (κ1) is 14.6. The summed E-state index contributed by atoms with van der Waals surface area (Å²) in [5.74, 6) is -0.338. The highest BCUT2D eigenvalue weighted by molar-refractivity contribution is 9.10. The van der Waals surface area contributed by atoms with Crippen LogP contribution in [0.3, 0.4) is 0 Å². The van der Waals surface area contributed by atoms with Gasteiger partial charge in [0.1, 0.15) is 11.3 Å². The molecule has 20 heavy (non-hydrogen) atoms. The second-order valence-corrected chi connectivity index (χ2v) is 4.91. The second-order valence-electron chi connectivity index (χ2n) is 3.99. The number of hydrogen-bond donors (Lipinski definition) is 0. The molecule has 0 amide bonds. The van der Waals surface area contributed by atoms with Gasteiger partial charge in [0.2, 0.25) is 5.78 Å². The van der Waals surface area contributed by atoms with Crippen LogP contribution in [0.5, 0.6) is 5.75 Å². The molecule has 1 aromatic carbocycles. The monoisotopic (exact) mass is 340 g/mol. The van der Waals surface area contributed by atoms with Gasteiger partial charge in [-0.05, 0) is 31.2 Å². The topological polar surface area (TPSA) is 65.7 Å². The van der Waals surface area contributed by atoms with Crippen LogP contribution < -0.4 is 4.74 Å². The number of hydrogen-bond acceptors (Lipinski definition) is 5. The van der Waals surface area contributed by atoms with Gasteiger partial charge in [-0.15, -0.1) is 0 Å². The zero-order chi connectivity index (χ0) is 14.7. The third kappa shape index (κ3) is 2.85. The van der Waals surface area contributed by atoms with Crippen LogP contribution in [0.1, 0.15) is 17.5 Å². The Balaban J connectivity index is 2.28.